The van der Waals surface area contributed by atoms with Crippen molar-refractivity contribution in [3.8, 4) is 0 Å². The van der Waals surface area contributed by atoms with Crippen molar-refractivity contribution in [2.24, 2.45) is 0 Å². The van der Waals surface area contributed by atoms with E-state index in [9.17, 15) is 9.59 Å². The zero-order chi connectivity index (χ0) is 11.7. The predicted molar refractivity (Wildman–Crippen MR) is 51.7 cm³/mol. The summed E-state index contributed by atoms with van der Waals surface area (Å²) in [6.07, 6.45) is 0. The van der Waals surface area contributed by atoms with Gasteiger partial charge in [0, 0.05) is 19.6 Å². The molecule has 0 radical (unpaired) electrons. The van der Waals surface area contributed by atoms with Crippen molar-refractivity contribution >= 4 is 11.9 Å². The summed E-state index contributed by atoms with van der Waals surface area (Å²) in [6.45, 7) is 0.600. The number of aliphatic hydroxyl groups is 1. The van der Waals surface area contributed by atoms with Crippen LogP contribution in [-0.2, 0) is 9.59 Å². The van der Waals surface area contributed by atoms with Crippen LogP contribution >= 0.6 is 0 Å². The van der Waals surface area contributed by atoms with E-state index in [1.54, 1.807) is 0 Å². The summed E-state index contributed by atoms with van der Waals surface area (Å²) in [5, 5.41) is 28.1. The number of hydrogen-bond acceptors (Lipinski definition) is 5. The largest absolute Gasteiger partial charge is 1.00 e. The fourth-order valence-corrected chi connectivity index (χ4v) is 1.04. The number of nitrogens with zero attached hydrogens (tertiary/aromatic N) is 1. The zero-order valence-corrected chi connectivity index (χ0v) is 14.3. The van der Waals surface area contributed by atoms with Crippen LogP contribution in [0.4, 0.5) is 0 Å². The van der Waals surface area contributed by atoms with Crippen molar-refractivity contribution in [1.82, 2.24) is 10.2 Å². The van der Waals surface area contributed by atoms with Gasteiger partial charge in [0.25, 0.3) is 0 Å². The molecular formula is C8H16N2Na2O5+2. The summed E-state index contributed by atoms with van der Waals surface area (Å²) in [5.41, 5.74) is 0. The van der Waals surface area contributed by atoms with Crippen LogP contribution in [0.15, 0.2) is 0 Å². The van der Waals surface area contributed by atoms with Crippen LogP contribution in [0, 0.1) is 0 Å². The molecule has 0 atom stereocenters. The Labute approximate surface area is 144 Å². The number of carboxylic acid groups (broad SMARTS) is 2. The molecule has 9 heteroatoms. The molecule has 0 bridgehead atoms. The standard InChI is InChI=1S/C8H16N2O5.2Na/c11-4-3-10(6-8(14)15)2-1-9-5-7(12)13;;/h9,11H,1-6H2,(H,12,13)(H,14,15);;/q;2*+1. The molecular weight excluding hydrogens is 250 g/mol. The quantitative estimate of drug-likeness (QED) is 0.242. The van der Waals surface area contributed by atoms with Crippen molar-refractivity contribution in [3.05, 3.63) is 0 Å². The van der Waals surface area contributed by atoms with Crippen molar-refractivity contribution in [2.45, 2.75) is 0 Å². The summed E-state index contributed by atoms with van der Waals surface area (Å²) in [4.78, 5) is 22.0. The molecule has 0 aromatic heterocycles. The second kappa shape index (κ2) is 14.9. The van der Waals surface area contributed by atoms with Crippen LogP contribution in [0.5, 0.6) is 0 Å². The number of nitrogens with one attached hydrogen (secondary N) is 1. The van der Waals surface area contributed by atoms with Crippen molar-refractivity contribution < 1.29 is 84.0 Å². The molecule has 0 aliphatic heterocycles. The Morgan fingerprint density at radius 1 is 1.06 bits per heavy atom. The summed E-state index contributed by atoms with van der Waals surface area (Å²) in [6, 6.07) is 0. The maximum Gasteiger partial charge on any atom is 1.00 e. The second-order valence-electron chi connectivity index (χ2n) is 2.96. The molecule has 0 unspecified atom stereocenters. The predicted octanol–water partition coefficient (Wildman–Crippen LogP) is -7.95. The third kappa shape index (κ3) is 16.8. The SMILES string of the molecule is O=C(O)CNCCN(CCO)CC(=O)O.[Na+].[Na+]. The van der Waals surface area contributed by atoms with Crippen LogP contribution in [0.25, 0.3) is 0 Å². The molecule has 0 aromatic carbocycles. The summed E-state index contributed by atoms with van der Waals surface area (Å²) in [7, 11) is 0. The van der Waals surface area contributed by atoms with Gasteiger partial charge in [-0.05, 0) is 0 Å². The van der Waals surface area contributed by atoms with E-state index in [1.165, 1.54) is 4.90 Å². The molecule has 88 valence electrons. The molecule has 7 nitrogen and oxygen atoms in total. The van der Waals surface area contributed by atoms with E-state index in [2.05, 4.69) is 5.32 Å². The van der Waals surface area contributed by atoms with Gasteiger partial charge in [0.15, 0.2) is 0 Å². The van der Waals surface area contributed by atoms with E-state index >= 15 is 0 Å². The number of hydrogen-bond donors (Lipinski definition) is 4. The minimum absolute atomic E-state index is 0. The average molecular weight is 266 g/mol. The minimum atomic E-state index is -0.971. The molecule has 17 heavy (non-hydrogen) atoms. The van der Waals surface area contributed by atoms with Gasteiger partial charge in [-0.1, -0.05) is 0 Å². The molecule has 0 saturated carbocycles. The van der Waals surface area contributed by atoms with E-state index in [4.69, 9.17) is 15.3 Å². The van der Waals surface area contributed by atoms with Gasteiger partial charge in [-0.15, -0.1) is 0 Å². The molecule has 0 aliphatic carbocycles. The van der Waals surface area contributed by atoms with Crippen LogP contribution in [0.1, 0.15) is 0 Å². The molecule has 0 fully saturated rings. The van der Waals surface area contributed by atoms with Crippen LogP contribution < -0.4 is 64.4 Å². The monoisotopic (exact) mass is 266 g/mol. The van der Waals surface area contributed by atoms with Gasteiger partial charge in [0.1, 0.15) is 0 Å². The first kappa shape index (κ1) is 23.0. The Hall–Kier alpha value is 0.820. The summed E-state index contributed by atoms with van der Waals surface area (Å²) in [5.74, 6) is -1.93. The number of aliphatic hydroxyl groups excluding tert-OH is 1. The average Bonchev–Trinajstić information content (AvgIpc) is 2.11. The van der Waals surface area contributed by atoms with Crippen LogP contribution in [0.3, 0.4) is 0 Å². The molecule has 0 heterocycles. The molecule has 4 N–H and O–H groups in total. The maximum atomic E-state index is 10.4. The van der Waals surface area contributed by atoms with Crippen LogP contribution in [-0.4, -0.2) is 71.5 Å². The van der Waals surface area contributed by atoms with Crippen molar-refractivity contribution in [2.75, 3.05) is 39.3 Å². The molecule has 0 saturated heterocycles. The van der Waals surface area contributed by atoms with Gasteiger partial charge >= 0.3 is 71.1 Å². The van der Waals surface area contributed by atoms with E-state index in [-0.39, 0.29) is 85.4 Å². The smallest absolute Gasteiger partial charge is 0.480 e. The Morgan fingerprint density at radius 3 is 2.06 bits per heavy atom. The Morgan fingerprint density at radius 2 is 1.65 bits per heavy atom. The van der Waals surface area contributed by atoms with Crippen LogP contribution in [0.2, 0.25) is 0 Å². The first-order chi connectivity index (χ1) is 7.06. The van der Waals surface area contributed by atoms with Gasteiger partial charge in [-0.2, -0.15) is 0 Å². The number of aliphatic carboxylic acids is 2. The van der Waals surface area contributed by atoms with E-state index in [0.29, 0.717) is 13.1 Å². The number of carbonyl (C=O) groups is 2. The van der Waals surface area contributed by atoms with E-state index in [0.717, 1.165) is 0 Å². The fraction of sp³-hybridized carbons (Fsp3) is 0.750. The normalized spacial score (nSPS) is 9.29. The molecule has 0 amide bonds. The van der Waals surface area contributed by atoms with Gasteiger partial charge in [-0.3, -0.25) is 14.5 Å². The molecule has 0 spiro atoms. The van der Waals surface area contributed by atoms with Gasteiger partial charge in [0.2, 0.25) is 0 Å². The third-order valence-electron chi connectivity index (χ3n) is 1.66. The topological polar surface area (TPSA) is 110 Å². The summed E-state index contributed by atoms with van der Waals surface area (Å²) >= 11 is 0. The van der Waals surface area contributed by atoms with Gasteiger partial charge in [0.05, 0.1) is 19.7 Å². The van der Waals surface area contributed by atoms with Crippen molar-refractivity contribution in [3.63, 3.8) is 0 Å². The summed E-state index contributed by atoms with van der Waals surface area (Å²) < 4.78 is 0. The Balaban J connectivity index is -0.000000980. The first-order valence-electron chi connectivity index (χ1n) is 4.53. The Bertz CT molecular complexity index is 218. The molecule has 0 aromatic rings. The first-order valence-corrected chi connectivity index (χ1v) is 4.53. The number of rotatable bonds is 9. The minimum Gasteiger partial charge on any atom is -0.480 e. The maximum absolute atomic E-state index is 10.4. The van der Waals surface area contributed by atoms with E-state index < -0.39 is 11.9 Å². The van der Waals surface area contributed by atoms with Gasteiger partial charge < -0.3 is 20.6 Å². The fourth-order valence-electron chi connectivity index (χ4n) is 1.04. The Kier molecular flexibility index (Phi) is 20.1. The third-order valence-corrected chi connectivity index (χ3v) is 1.66. The molecule has 0 rings (SSSR count). The van der Waals surface area contributed by atoms with Crippen molar-refractivity contribution in [1.29, 1.82) is 0 Å². The molecule has 0 aliphatic rings. The van der Waals surface area contributed by atoms with Gasteiger partial charge in [-0.25, -0.2) is 0 Å². The second-order valence-corrected chi connectivity index (χ2v) is 2.96. The number of carboxylic acids is 2. The van der Waals surface area contributed by atoms with E-state index in [1.807, 2.05) is 0 Å². The zero-order valence-electron chi connectivity index (χ0n) is 10.3.